The summed E-state index contributed by atoms with van der Waals surface area (Å²) in [4.78, 5) is 22.4. The van der Waals surface area contributed by atoms with Gasteiger partial charge in [-0.25, -0.2) is 4.79 Å². The quantitative estimate of drug-likeness (QED) is 0.757. The van der Waals surface area contributed by atoms with E-state index in [4.69, 9.17) is 4.42 Å². The molecular formula is C18H18N4O2. The number of carbonyl (C=O) groups is 1. The number of nitrogens with one attached hydrogen (secondary N) is 1. The van der Waals surface area contributed by atoms with Crippen LogP contribution in [0.5, 0.6) is 0 Å². The molecule has 122 valence electrons. The van der Waals surface area contributed by atoms with Gasteiger partial charge in [0.05, 0.1) is 12.8 Å². The Balaban J connectivity index is 1.69. The van der Waals surface area contributed by atoms with Crippen molar-refractivity contribution in [2.24, 2.45) is 0 Å². The molecule has 0 atom stereocenters. The molecule has 0 fully saturated rings. The molecule has 0 aliphatic carbocycles. The number of nitrogens with zero attached hydrogens (tertiary/aromatic N) is 3. The number of hydrogen-bond acceptors (Lipinski definition) is 4. The third-order valence-corrected chi connectivity index (χ3v) is 3.50. The van der Waals surface area contributed by atoms with Gasteiger partial charge in [0.15, 0.2) is 0 Å². The molecule has 0 aliphatic heterocycles. The van der Waals surface area contributed by atoms with Gasteiger partial charge in [0.2, 0.25) is 0 Å². The maximum absolute atomic E-state index is 12.6. The van der Waals surface area contributed by atoms with Crippen molar-refractivity contribution < 1.29 is 9.21 Å². The Morgan fingerprint density at radius 1 is 1.00 bits per heavy atom. The van der Waals surface area contributed by atoms with E-state index in [0.717, 1.165) is 11.1 Å². The van der Waals surface area contributed by atoms with E-state index in [1.807, 2.05) is 30.3 Å². The Bertz CT molecular complexity index is 704. The van der Waals surface area contributed by atoms with Gasteiger partial charge < -0.3 is 14.6 Å². The van der Waals surface area contributed by atoms with Crippen LogP contribution in [0, 0.1) is 0 Å². The van der Waals surface area contributed by atoms with E-state index in [1.54, 1.807) is 42.0 Å². The molecular weight excluding hydrogens is 304 g/mol. The Morgan fingerprint density at radius 3 is 2.54 bits per heavy atom. The molecule has 3 aromatic rings. The summed E-state index contributed by atoms with van der Waals surface area (Å²) < 4.78 is 5.25. The van der Waals surface area contributed by atoms with Gasteiger partial charge in [-0.3, -0.25) is 9.97 Å². The molecule has 0 radical (unpaired) electrons. The first-order chi connectivity index (χ1) is 11.8. The molecule has 0 aromatic carbocycles. The van der Waals surface area contributed by atoms with Gasteiger partial charge in [-0.1, -0.05) is 6.07 Å². The van der Waals surface area contributed by atoms with E-state index >= 15 is 0 Å². The lowest BCUT2D eigenvalue weighted by Gasteiger charge is -2.23. The molecule has 0 unspecified atom stereocenters. The van der Waals surface area contributed by atoms with Crippen molar-refractivity contribution in [1.82, 2.24) is 20.2 Å². The molecule has 0 aliphatic rings. The highest BCUT2D eigenvalue weighted by atomic mass is 16.3. The van der Waals surface area contributed by atoms with Gasteiger partial charge in [-0.2, -0.15) is 0 Å². The molecule has 0 saturated heterocycles. The number of amides is 2. The third-order valence-electron chi connectivity index (χ3n) is 3.50. The fourth-order valence-corrected chi connectivity index (χ4v) is 2.31. The molecule has 2 amide bonds. The van der Waals surface area contributed by atoms with Gasteiger partial charge >= 0.3 is 6.03 Å². The highest BCUT2D eigenvalue weighted by molar-refractivity contribution is 5.74. The highest BCUT2D eigenvalue weighted by Crippen LogP contribution is 2.10. The highest BCUT2D eigenvalue weighted by Gasteiger charge is 2.15. The summed E-state index contributed by atoms with van der Waals surface area (Å²) in [6, 6.07) is 11.1. The number of hydrogen-bond donors (Lipinski definition) is 1. The Morgan fingerprint density at radius 2 is 1.83 bits per heavy atom. The van der Waals surface area contributed by atoms with Crippen LogP contribution in [0.15, 0.2) is 71.9 Å². The molecule has 3 aromatic heterocycles. The number of aromatic nitrogens is 2. The summed E-state index contributed by atoms with van der Waals surface area (Å²) in [6.45, 7) is 1.31. The maximum Gasteiger partial charge on any atom is 0.318 e. The topological polar surface area (TPSA) is 71.3 Å². The number of furan rings is 1. The van der Waals surface area contributed by atoms with Crippen molar-refractivity contribution in [3.8, 4) is 0 Å². The van der Waals surface area contributed by atoms with Crippen molar-refractivity contribution in [2.75, 3.05) is 0 Å². The average Bonchev–Trinajstić information content (AvgIpc) is 3.14. The second kappa shape index (κ2) is 7.92. The predicted molar refractivity (Wildman–Crippen MR) is 88.7 cm³/mol. The molecule has 6 nitrogen and oxygen atoms in total. The van der Waals surface area contributed by atoms with Gasteiger partial charge in [-0.05, 0) is 41.5 Å². The fourth-order valence-electron chi connectivity index (χ4n) is 2.31. The predicted octanol–water partition coefficient (Wildman–Crippen LogP) is 2.98. The summed E-state index contributed by atoms with van der Waals surface area (Å²) in [6.07, 6.45) is 8.51. The second-order valence-electron chi connectivity index (χ2n) is 5.31. The lowest BCUT2D eigenvalue weighted by molar-refractivity contribution is 0.191. The number of carbonyl (C=O) groups excluding carboxylic acids is 1. The van der Waals surface area contributed by atoms with Crippen molar-refractivity contribution in [2.45, 2.75) is 19.6 Å². The van der Waals surface area contributed by atoms with Crippen molar-refractivity contribution in [3.05, 3.63) is 84.3 Å². The second-order valence-corrected chi connectivity index (χ2v) is 5.31. The van der Waals surface area contributed by atoms with Crippen molar-refractivity contribution in [3.63, 3.8) is 0 Å². The SMILES string of the molecule is O=C(NCc1ccco1)N(Cc1ccncc1)Cc1cccnc1. The van der Waals surface area contributed by atoms with Gasteiger partial charge in [0.25, 0.3) is 0 Å². The van der Waals surface area contributed by atoms with E-state index < -0.39 is 0 Å². The Hall–Kier alpha value is -3.15. The minimum atomic E-state index is -0.160. The minimum Gasteiger partial charge on any atom is -0.467 e. The fraction of sp³-hybridized carbons (Fsp3) is 0.167. The first-order valence-corrected chi connectivity index (χ1v) is 7.64. The monoisotopic (exact) mass is 322 g/mol. The van der Waals surface area contributed by atoms with E-state index in [1.165, 1.54) is 0 Å². The van der Waals surface area contributed by atoms with Crippen LogP contribution in [-0.4, -0.2) is 20.9 Å². The van der Waals surface area contributed by atoms with E-state index in [-0.39, 0.29) is 6.03 Å². The van der Waals surface area contributed by atoms with E-state index in [9.17, 15) is 4.79 Å². The first-order valence-electron chi connectivity index (χ1n) is 7.64. The normalized spacial score (nSPS) is 10.3. The van der Waals surface area contributed by atoms with Gasteiger partial charge in [-0.15, -0.1) is 0 Å². The Labute approximate surface area is 140 Å². The summed E-state index contributed by atoms with van der Waals surface area (Å²) in [5.74, 6) is 0.716. The largest absolute Gasteiger partial charge is 0.467 e. The zero-order valence-corrected chi connectivity index (χ0v) is 13.1. The number of urea groups is 1. The molecule has 3 heterocycles. The van der Waals surface area contributed by atoms with E-state index in [0.29, 0.717) is 25.4 Å². The summed E-state index contributed by atoms with van der Waals surface area (Å²) in [5, 5.41) is 2.88. The number of rotatable bonds is 6. The van der Waals surface area contributed by atoms with Gasteiger partial charge in [0, 0.05) is 37.9 Å². The maximum atomic E-state index is 12.6. The van der Waals surface area contributed by atoms with Crippen LogP contribution >= 0.6 is 0 Å². The van der Waals surface area contributed by atoms with Crippen LogP contribution in [0.1, 0.15) is 16.9 Å². The summed E-state index contributed by atoms with van der Waals surface area (Å²) in [5.41, 5.74) is 1.99. The van der Waals surface area contributed by atoms with Crippen LogP contribution in [0.2, 0.25) is 0 Å². The van der Waals surface area contributed by atoms with Crippen LogP contribution in [0.3, 0.4) is 0 Å². The zero-order chi connectivity index (χ0) is 16.6. The van der Waals surface area contributed by atoms with Crippen molar-refractivity contribution in [1.29, 1.82) is 0 Å². The first kappa shape index (κ1) is 15.7. The summed E-state index contributed by atoms with van der Waals surface area (Å²) >= 11 is 0. The molecule has 24 heavy (non-hydrogen) atoms. The molecule has 1 N–H and O–H groups in total. The van der Waals surface area contributed by atoms with Gasteiger partial charge in [0.1, 0.15) is 5.76 Å². The Kier molecular flexibility index (Phi) is 5.19. The minimum absolute atomic E-state index is 0.160. The molecule has 0 bridgehead atoms. The smallest absolute Gasteiger partial charge is 0.318 e. The number of pyridine rings is 2. The zero-order valence-electron chi connectivity index (χ0n) is 13.1. The van der Waals surface area contributed by atoms with E-state index in [2.05, 4.69) is 15.3 Å². The molecule has 0 saturated carbocycles. The lowest BCUT2D eigenvalue weighted by Crippen LogP contribution is -2.38. The van der Waals surface area contributed by atoms with Crippen LogP contribution in [0.4, 0.5) is 4.79 Å². The summed E-state index contributed by atoms with van der Waals surface area (Å²) in [7, 11) is 0. The standard InChI is InChI=1S/C18H18N4O2/c23-18(21-12-17-4-2-10-24-17)22(13-15-5-8-19-9-6-15)14-16-3-1-7-20-11-16/h1-11H,12-14H2,(H,21,23). The molecule has 0 spiro atoms. The third kappa shape index (κ3) is 4.42. The lowest BCUT2D eigenvalue weighted by atomic mass is 10.2. The molecule has 6 heteroatoms. The van der Waals surface area contributed by atoms with Crippen molar-refractivity contribution >= 4 is 6.03 Å². The van der Waals surface area contributed by atoms with Crippen LogP contribution in [-0.2, 0) is 19.6 Å². The molecule has 3 rings (SSSR count). The van der Waals surface area contributed by atoms with Crippen LogP contribution in [0.25, 0.3) is 0 Å². The average molecular weight is 322 g/mol. The van der Waals surface area contributed by atoms with Crippen LogP contribution < -0.4 is 5.32 Å².